The van der Waals surface area contributed by atoms with Gasteiger partial charge in [0.05, 0.1) is 22.9 Å². The van der Waals surface area contributed by atoms with E-state index in [9.17, 15) is 32.7 Å². The molecule has 1 unspecified atom stereocenters. The average Bonchev–Trinajstić information content (AvgIpc) is 3.38. The number of alkyl halides is 3. The number of phenols is 1. The standard InChI is InChI=1S/C26H22F3N3O5/c1-3-16(19-11-10-18(37-19)13-6-4-7-14(12-13)26(27,28)29)31-20-21(24(35)23(20)34)32-17-9-5-8-15(22(17)33)25(36)30-2/h4-12,16,31-33H,3H2,1-2H3,(H,30,36). The smallest absolute Gasteiger partial charge is 0.416 e. The van der Waals surface area contributed by atoms with Crippen molar-refractivity contribution in [1.82, 2.24) is 5.32 Å². The van der Waals surface area contributed by atoms with Crippen LogP contribution >= 0.6 is 0 Å². The first-order valence-electron chi connectivity index (χ1n) is 11.2. The Morgan fingerprint density at radius 1 is 1.03 bits per heavy atom. The van der Waals surface area contributed by atoms with Crippen LogP contribution in [0.1, 0.15) is 41.1 Å². The molecule has 37 heavy (non-hydrogen) atoms. The number of para-hydroxylation sites is 1. The maximum Gasteiger partial charge on any atom is 0.416 e. The third kappa shape index (κ3) is 4.92. The third-order valence-electron chi connectivity index (χ3n) is 5.85. The molecular weight excluding hydrogens is 491 g/mol. The molecule has 3 aromatic carbocycles. The summed E-state index contributed by atoms with van der Waals surface area (Å²) >= 11 is 0. The number of furan rings is 1. The predicted molar refractivity (Wildman–Crippen MR) is 132 cm³/mol. The fourth-order valence-electron chi connectivity index (χ4n) is 3.84. The lowest BCUT2D eigenvalue weighted by Gasteiger charge is -2.21. The van der Waals surface area contributed by atoms with E-state index in [-0.39, 0.29) is 33.9 Å². The minimum atomic E-state index is -4.50. The van der Waals surface area contributed by atoms with Crippen molar-refractivity contribution in [2.75, 3.05) is 17.7 Å². The number of carbonyl (C=O) groups is 1. The molecular formula is C26H22F3N3O5. The first-order chi connectivity index (χ1) is 17.5. The lowest BCUT2D eigenvalue weighted by Crippen LogP contribution is -2.37. The minimum absolute atomic E-state index is 0.0233. The molecule has 1 atom stereocenters. The van der Waals surface area contributed by atoms with E-state index in [1.54, 1.807) is 13.0 Å². The topological polar surface area (TPSA) is 121 Å². The fourth-order valence-corrected chi connectivity index (χ4v) is 3.84. The molecule has 8 nitrogen and oxygen atoms in total. The van der Waals surface area contributed by atoms with Crippen LogP contribution in [0.4, 0.5) is 30.2 Å². The van der Waals surface area contributed by atoms with Crippen molar-refractivity contribution >= 4 is 23.0 Å². The largest absolute Gasteiger partial charge is 0.505 e. The molecule has 0 bridgehead atoms. The highest BCUT2D eigenvalue weighted by molar-refractivity contribution is 5.99. The molecule has 11 heteroatoms. The molecule has 4 aromatic rings. The van der Waals surface area contributed by atoms with Gasteiger partial charge < -0.3 is 25.5 Å². The number of rotatable bonds is 8. The summed E-state index contributed by atoms with van der Waals surface area (Å²) in [5.74, 6) is -0.381. The average molecular weight is 513 g/mol. The Kier molecular flexibility index (Phi) is 6.80. The van der Waals surface area contributed by atoms with Crippen LogP contribution in [0.3, 0.4) is 0 Å². The quantitative estimate of drug-likeness (QED) is 0.195. The van der Waals surface area contributed by atoms with Gasteiger partial charge in [-0.3, -0.25) is 14.4 Å². The molecule has 0 aliphatic heterocycles. The number of hydrogen-bond acceptors (Lipinski definition) is 7. The molecule has 0 radical (unpaired) electrons. The lowest BCUT2D eigenvalue weighted by molar-refractivity contribution is -0.137. The summed E-state index contributed by atoms with van der Waals surface area (Å²) in [6.45, 7) is 1.79. The van der Waals surface area contributed by atoms with Gasteiger partial charge in [-0.15, -0.1) is 0 Å². The van der Waals surface area contributed by atoms with Gasteiger partial charge in [-0.2, -0.15) is 13.2 Å². The number of amides is 1. The number of anilines is 3. The van der Waals surface area contributed by atoms with Crippen LogP contribution in [0.25, 0.3) is 11.3 Å². The Morgan fingerprint density at radius 2 is 1.73 bits per heavy atom. The van der Waals surface area contributed by atoms with Gasteiger partial charge in [0.1, 0.15) is 22.9 Å². The van der Waals surface area contributed by atoms with Crippen molar-refractivity contribution in [3.63, 3.8) is 0 Å². The number of nitrogens with one attached hydrogen (secondary N) is 3. The number of carbonyl (C=O) groups excluding carboxylic acids is 1. The second-order valence-electron chi connectivity index (χ2n) is 8.20. The fraction of sp³-hybridized carbons (Fsp3) is 0.192. The summed E-state index contributed by atoms with van der Waals surface area (Å²) in [6.07, 6.45) is -4.09. The van der Waals surface area contributed by atoms with Gasteiger partial charge in [0.15, 0.2) is 5.75 Å². The van der Waals surface area contributed by atoms with E-state index in [2.05, 4.69) is 16.0 Å². The summed E-state index contributed by atoms with van der Waals surface area (Å²) in [5.41, 5.74) is -2.29. The van der Waals surface area contributed by atoms with Crippen LogP contribution in [0.2, 0.25) is 0 Å². The number of phenolic OH excluding ortho intramolecular Hbond substituents is 1. The maximum atomic E-state index is 13.1. The third-order valence-corrected chi connectivity index (χ3v) is 5.85. The first kappa shape index (κ1) is 25.5. The molecule has 0 saturated heterocycles. The monoisotopic (exact) mass is 513 g/mol. The molecule has 1 heterocycles. The zero-order valence-corrected chi connectivity index (χ0v) is 19.7. The van der Waals surface area contributed by atoms with Crippen LogP contribution in [0.15, 0.2) is 68.6 Å². The highest BCUT2D eigenvalue weighted by atomic mass is 19.4. The van der Waals surface area contributed by atoms with E-state index >= 15 is 0 Å². The Bertz CT molecular complexity index is 1530. The molecule has 4 rings (SSSR count). The second kappa shape index (κ2) is 9.84. The Morgan fingerprint density at radius 3 is 2.41 bits per heavy atom. The van der Waals surface area contributed by atoms with Crippen molar-refractivity contribution in [2.24, 2.45) is 0 Å². The van der Waals surface area contributed by atoms with Crippen LogP contribution in [-0.4, -0.2) is 18.1 Å². The Hall–Kier alpha value is -4.54. The molecule has 0 saturated carbocycles. The zero-order valence-electron chi connectivity index (χ0n) is 19.7. The van der Waals surface area contributed by atoms with E-state index in [0.717, 1.165) is 12.1 Å². The van der Waals surface area contributed by atoms with Gasteiger partial charge in [0.25, 0.3) is 16.8 Å². The maximum absolute atomic E-state index is 13.1. The van der Waals surface area contributed by atoms with Crippen molar-refractivity contribution in [3.8, 4) is 17.1 Å². The van der Waals surface area contributed by atoms with E-state index in [0.29, 0.717) is 12.2 Å². The highest BCUT2D eigenvalue weighted by Gasteiger charge is 2.31. The molecule has 1 amide bonds. The van der Waals surface area contributed by atoms with E-state index in [1.807, 2.05) is 0 Å². The molecule has 0 spiro atoms. The predicted octanol–water partition coefficient (Wildman–Crippen LogP) is 4.93. The number of benzene rings is 2. The van der Waals surface area contributed by atoms with Crippen LogP contribution in [-0.2, 0) is 6.18 Å². The molecule has 4 N–H and O–H groups in total. The zero-order chi connectivity index (χ0) is 26.9. The molecule has 192 valence electrons. The van der Waals surface area contributed by atoms with Crippen molar-refractivity contribution in [1.29, 1.82) is 0 Å². The van der Waals surface area contributed by atoms with Crippen LogP contribution in [0.5, 0.6) is 5.75 Å². The summed E-state index contributed by atoms with van der Waals surface area (Å²) in [4.78, 5) is 36.6. The normalized spacial score (nSPS) is 12.4. The van der Waals surface area contributed by atoms with E-state index in [4.69, 9.17) is 4.42 Å². The number of aromatic hydroxyl groups is 1. The molecule has 0 aliphatic carbocycles. The minimum Gasteiger partial charge on any atom is -0.505 e. The van der Waals surface area contributed by atoms with Gasteiger partial charge in [0, 0.05) is 12.6 Å². The number of halogens is 3. The van der Waals surface area contributed by atoms with E-state index in [1.165, 1.54) is 43.4 Å². The molecule has 0 fully saturated rings. The summed E-state index contributed by atoms with van der Waals surface area (Å²) in [7, 11) is 1.40. The first-order valence-corrected chi connectivity index (χ1v) is 11.2. The van der Waals surface area contributed by atoms with Gasteiger partial charge in [-0.05, 0) is 42.8 Å². The van der Waals surface area contributed by atoms with Gasteiger partial charge in [-0.25, -0.2) is 0 Å². The number of hydrogen-bond donors (Lipinski definition) is 4. The van der Waals surface area contributed by atoms with Crippen molar-refractivity contribution in [3.05, 3.63) is 91.9 Å². The summed E-state index contributed by atoms with van der Waals surface area (Å²) in [5, 5.41) is 18.5. The summed E-state index contributed by atoms with van der Waals surface area (Å²) < 4.78 is 45.0. The van der Waals surface area contributed by atoms with Gasteiger partial charge in [-0.1, -0.05) is 25.1 Å². The van der Waals surface area contributed by atoms with Gasteiger partial charge >= 0.3 is 6.18 Å². The highest BCUT2D eigenvalue weighted by Crippen LogP contribution is 2.36. The Balaban J connectivity index is 1.59. The van der Waals surface area contributed by atoms with Crippen LogP contribution in [0, 0.1) is 0 Å². The van der Waals surface area contributed by atoms with E-state index < -0.39 is 40.3 Å². The Labute approximate surface area is 208 Å². The van der Waals surface area contributed by atoms with Crippen molar-refractivity contribution in [2.45, 2.75) is 25.6 Å². The lowest BCUT2D eigenvalue weighted by atomic mass is 10.1. The molecule has 1 aromatic heterocycles. The van der Waals surface area contributed by atoms with Crippen LogP contribution < -0.4 is 26.8 Å². The SMILES string of the molecule is CCC(Nc1c(Nc2cccc(C(=O)NC)c2O)c(=O)c1=O)c1ccc(-c2cccc(C(F)(F)F)c2)o1. The van der Waals surface area contributed by atoms with Gasteiger partial charge in [0.2, 0.25) is 0 Å². The summed E-state index contributed by atoms with van der Waals surface area (Å²) in [6, 6.07) is 11.6. The van der Waals surface area contributed by atoms with Crippen molar-refractivity contribution < 1.29 is 27.5 Å². The molecule has 0 aliphatic rings. The second-order valence-corrected chi connectivity index (χ2v) is 8.20.